The van der Waals surface area contributed by atoms with E-state index >= 15 is 0 Å². The maximum atomic E-state index is 5.00. The van der Waals surface area contributed by atoms with Gasteiger partial charge in [0.15, 0.2) is 6.20 Å². The van der Waals surface area contributed by atoms with E-state index in [1.54, 1.807) is 0 Å². The van der Waals surface area contributed by atoms with Crippen LogP contribution in [0.15, 0.2) is 71.6 Å². The van der Waals surface area contributed by atoms with Crippen LogP contribution in [0.3, 0.4) is 0 Å². The molecule has 0 saturated carbocycles. The summed E-state index contributed by atoms with van der Waals surface area (Å²) in [5, 5.41) is 4.01. The van der Waals surface area contributed by atoms with Gasteiger partial charge < -0.3 is 0 Å². The Morgan fingerprint density at radius 2 is 1.76 bits per heavy atom. The molecule has 0 radical (unpaired) electrons. The Labute approximate surface area is 195 Å². The molecular formula is C31H29N2+. The smallest absolute Gasteiger partial charge is 0.222 e. The van der Waals surface area contributed by atoms with Crippen molar-refractivity contribution in [2.75, 3.05) is 0 Å². The highest BCUT2D eigenvalue weighted by molar-refractivity contribution is 6.05. The molecule has 33 heavy (non-hydrogen) atoms. The molecule has 2 aromatic carbocycles. The van der Waals surface area contributed by atoms with E-state index in [1.807, 2.05) is 6.20 Å². The van der Waals surface area contributed by atoms with Crippen molar-refractivity contribution in [1.29, 1.82) is 0 Å². The quantitative estimate of drug-likeness (QED) is 0.274. The maximum absolute atomic E-state index is 5.00. The molecule has 1 spiro atoms. The summed E-state index contributed by atoms with van der Waals surface area (Å²) < 4.78 is 2.59. The summed E-state index contributed by atoms with van der Waals surface area (Å²) in [5.41, 5.74) is 13.5. The number of allylic oxidation sites excluding steroid dienone is 4. The van der Waals surface area contributed by atoms with Crippen LogP contribution < -0.4 is 4.57 Å². The van der Waals surface area contributed by atoms with Gasteiger partial charge in [-0.25, -0.2) is 0 Å². The second-order valence-electron chi connectivity index (χ2n) is 11.0. The molecule has 0 bridgehead atoms. The van der Waals surface area contributed by atoms with E-state index in [0.717, 1.165) is 11.9 Å². The molecule has 4 aromatic rings. The summed E-state index contributed by atoms with van der Waals surface area (Å²) in [6.45, 7) is 13.9. The minimum Gasteiger partial charge on any atom is -0.256 e. The summed E-state index contributed by atoms with van der Waals surface area (Å²) in [6, 6.07) is 13.8. The minimum atomic E-state index is -0.238. The lowest BCUT2D eigenvalue weighted by atomic mass is 9.67. The normalized spacial score (nSPS) is 21.9. The van der Waals surface area contributed by atoms with Crippen molar-refractivity contribution < 1.29 is 4.57 Å². The molecular weight excluding hydrogens is 400 g/mol. The van der Waals surface area contributed by atoms with Gasteiger partial charge in [0.05, 0.1) is 22.0 Å². The van der Waals surface area contributed by atoms with Gasteiger partial charge in [0.1, 0.15) is 0 Å². The lowest BCUT2D eigenvalue weighted by molar-refractivity contribution is -0.725. The minimum absolute atomic E-state index is 0.0790. The lowest BCUT2D eigenvalue weighted by Crippen LogP contribution is -2.54. The number of nitrogens with zero attached hydrogens (tertiary/aromatic N) is 2. The first-order chi connectivity index (χ1) is 15.7. The van der Waals surface area contributed by atoms with E-state index in [9.17, 15) is 0 Å². The predicted molar refractivity (Wildman–Crippen MR) is 136 cm³/mol. The second-order valence-corrected chi connectivity index (χ2v) is 11.0. The van der Waals surface area contributed by atoms with Crippen LogP contribution in [0.1, 0.15) is 63.3 Å². The predicted octanol–water partition coefficient (Wildman–Crippen LogP) is 7.03. The molecule has 2 heteroatoms. The van der Waals surface area contributed by atoms with Crippen LogP contribution in [0, 0.1) is 6.92 Å². The van der Waals surface area contributed by atoms with Crippen LogP contribution in [0.5, 0.6) is 0 Å². The molecule has 2 nitrogen and oxygen atoms in total. The molecule has 1 aliphatic heterocycles. The molecule has 1 unspecified atom stereocenters. The van der Waals surface area contributed by atoms with Crippen LogP contribution in [-0.4, -0.2) is 4.98 Å². The van der Waals surface area contributed by atoms with Gasteiger partial charge in [-0.15, -0.1) is 0 Å². The molecule has 2 aliphatic carbocycles. The van der Waals surface area contributed by atoms with Crippen molar-refractivity contribution in [1.82, 2.24) is 4.98 Å². The van der Waals surface area contributed by atoms with Crippen molar-refractivity contribution in [3.05, 3.63) is 93.8 Å². The molecule has 2 aromatic heterocycles. The second kappa shape index (κ2) is 5.80. The van der Waals surface area contributed by atoms with Crippen LogP contribution in [0.4, 0.5) is 0 Å². The molecule has 0 fully saturated rings. The first-order valence-corrected chi connectivity index (χ1v) is 12.0. The first-order valence-electron chi connectivity index (χ1n) is 12.0. The monoisotopic (exact) mass is 429 g/mol. The van der Waals surface area contributed by atoms with Gasteiger partial charge in [0, 0.05) is 29.5 Å². The summed E-state index contributed by atoms with van der Waals surface area (Å²) in [6.07, 6.45) is 7.82. The molecule has 0 amide bonds. The Balaban J connectivity index is 1.78. The molecule has 7 rings (SSSR count). The summed E-state index contributed by atoms with van der Waals surface area (Å²) in [5.74, 6) is 0. The standard InChI is InChI=1S/C31H29N2/c1-17-12-21-9-11-33-29-25(21)23(13-17)30(5,6)24-14-22-8-7-10-32-28(22)27(26(24)29)31(33)15-18(2)20(4)19(3)16-31/h7-15H,16H2,1-6H3/q+1. The maximum Gasteiger partial charge on any atom is 0.222 e. The van der Waals surface area contributed by atoms with Crippen molar-refractivity contribution in [2.24, 2.45) is 0 Å². The van der Waals surface area contributed by atoms with Gasteiger partial charge in [-0.1, -0.05) is 43.2 Å². The third kappa shape index (κ3) is 2.11. The van der Waals surface area contributed by atoms with Gasteiger partial charge in [-0.2, -0.15) is 4.57 Å². The van der Waals surface area contributed by atoms with Crippen LogP contribution in [0.25, 0.3) is 32.9 Å². The number of benzene rings is 2. The number of fused-ring (bicyclic) bond motifs is 4. The highest BCUT2D eigenvalue weighted by Crippen LogP contribution is 2.57. The fourth-order valence-electron chi connectivity index (χ4n) is 6.99. The average Bonchev–Trinajstić information content (AvgIpc) is 3.05. The first kappa shape index (κ1) is 19.2. The number of aryl methyl sites for hydroxylation is 1. The van der Waals surface area contributed by atoms with Crippen molar-refractivity contribution in [2.45, 2.75) is 58.9 Å². The highest BCUT2D eigenvalue weighted by atomic mass is 15.1. The summed E-state index contributed by atoms with van der Waals surface area (Å²) in [7, 11) is 0. The average molecular weight is 430 g/mol. The van der Waals surface area contributed by atoms with E-state index in [2.05, 4.69) is 94.8 Å². The van der Waals surface area contributed by atoms with Gasteiger partial charge in [-0.05, 0) is 73.6 Å². The zero-order chi connectivity index (χ0) is 22.9. The molecule has 0 saturated heterocycles. The molecule has 3 aliphatic rings. The third-order valence-corrected chi connectivity index (χ3v) is 8.76. The number of aromatic nitrogens is 2. The molecule has 0 N–H and O–H groups in total. The number of hydrogen-bond donors (Lipinski definition) is 0. The Morgan fingerprint density at radius 3 is 2.55 bits per heavy atom. The highest BCUT2D eigenvalue weighted by Gasteiger charge is 2.57. The molecule has 1 atom stereocenters. The van der Waals surface area contributed by atoms with E-state index in [4.69, 9.17) is 4.98 Å². The fourth-order valence-corrected chi connectivity index (χ4v) is 6.99. The van der Waals surface area contributed by atoms with Crippen molar-refractivity contribution in [3.8, 4) is 11.3 Å². The fraction of sp³-hybridized carbons (Fsp3) is 0.290. The SMILES string of the molecule is CC1=CC2(CC(C)=C1C)c1c3c(cc4cccnc14)C(C)(C)c1cc(C)cc4cc[n+]2c-3c14. The van der Waals surface area contributed by atoms with Crippen molar-refractivity contribution in [3.63, 3.8) is 0 Å². The Hall–Kier alpha value is -3.26. The number of hydrogen-bond acceptors (Lipinski definition) is 1. The topological polar surface area (TPSA) is 16.8 Å². The number of rotatable bonds is 0. The van der Waals surface area contributed by atoms with Crippen molar-refractivity contribution >= 4 is 21.7 Å². The zero-order valence-corrected chi connectivity index (χ0v) is 20.3. The van der Waals surface area contributed by atoms with Gasteiger partial charge in [0.25, 0.3) is 0 Å². The van der Waals surface area contributed by atoms with Gasteiger partial charge in [-0.3, -0.25) is 4.98 Å². The summed E-state index contributed by atoms with van der Waals surface area (Å²) in [4.78, 5) is 5.00. The lowest BCUT2D eigenvalue weighted by Gasteiger charge is -2.33. The van der Waals surface area contributed by atoms with Crippen LogP contribution in [-0.2, 0) is 11.0 Å². The molecule has 162 valence electrons. The van der Waals surface area contributed by atoms with Crippen LogP contribution in [0.2, 0.25) is 0 Å². The Morgan fingerprint density at radius 1 is 0.939 bits per heavy atom. The Kier molecular flexibility index (Phi) is 3.38. The van der Waals surface area contributed by atoms with Gasteiger partial charge >= 0.3 is 0 Å². The summed E-state index contributed by atoms with van der Waals surface area (Å²) >= 11 is 0. The zero-order valence-electron chi connectivity index (χ0n) is 20.3. The Bertz CT molecular complexity index is 1650. The molecule has 3 heterocycles. The third-order valence-electron chi connectivity index (χ3n) is 8.76. The number of pyridine rings is 2. The van der Waals surface area contributed by atoms with E-state index < -0.39 is 0 Å². The largest absolute Gasteiger partial charge is 0.256 e. The van der Waals surface area contributed by atoms with Crippen LogP contribution >= 0.6 is 0 Å². The van der Waals surface area contributed by atoms with Gasteiger partial charge in [0.2, 0.25) is 11.2 Å². The van der Waals surface area contributed by atoms with E-state index in [1.165, 1.54) is 66.4 Å². The van der Waals surface area contributed by atoms with E-state index in [0.29, 0.717) is 0 Å². The van der Waals surface area contributed by atoms with E-state index in [-0.39, 0.29) is 11.0 Å².